The lowest BCUT2D eigenvalue weighted by Crippen LogP contribution is -2.19. The average Bonchev–Trinajstić information content (AvgIpc) is 2.80. The minimum Gasteiger partial charge on any atom is -0.490 e. The minimum atomic E-state index is -4.95. The van der Waals surface area contributed by atoms with Gasteiger partial charge >= 0.3 is 6.36 Å². The van der Waals surface area contributed by atoms with Gasteiger partial charge < -0.3 is 14.2 Å². The maximum Gasteiger partial charge on any atom is 0.573 e. The third-order valence-corrected chi connectivity index (χ3v) is 4.75. The molecule has 0 bridgehead atoms. The quantitative estimate of drug-likeness (QED) is 0.866. The first-order chi connectivity index (χ1) is 12.2. The van der Waals surface area contributed by atoms with Crippen LogP contribution in [0, 0.1) is 0 Å². The summed E-state index contributed by atoms with van der Waals surface area (Å²) in [4.78, 5) is -0.177. The Morgan fingerprint density at radius 3 is 2.42 bits per heavy atom. The second kappa shape index (κ2) is 6.94. The molecule has 1 aliphatic rings. The van der Waals surface area contributed by atoms with Gasteiger partial charge in [-0.2, -0.15) is 0 Å². The normalized spacial score (nSPS) is 14.4. The number of fused-ring (bicyclic) bond motifs is 1. The highest BCUT2D eigenvalue weighted by atomic mass is 32.2. The Morgan fingerprint density at radius 1 is 1.00 bits per heavy atom. The van der Waals surface area contributed by atoms with Gasteiger partial charge in [0.25, 0.3) is 10.0 Å². The van der Waals surface area contributed by atoms with Crippen LogP contribution in [0.15, 0.2) is 47.4 Å². The number of alkyl halides is 3. The molecule has 10 heteroatoms. The van der Waals surface area contributed by atoms with Crippen LogP contribution in [0.4, 0.5) is 18.9 Å². The SMILES string of the molecule is O=S(=O)(Nc1ccccc1OC(F)(F)F)c1ccc2c(c1)OCCCO2. The topological polar surface area (TPSA) is 73.9 Å². The zero-order valence-electron chi connectivity index (χ0n) is 13.2. The van der Waals surface area contributed by atoms with Crippen molar-refractivity contribution in [2.75, 3.05) is 17.9 Å². The Bertz CT molecular complexity index is 899. The molecular formula is C16H14F3NO5S. The number of hydrogen-bond donors (Lipinski definition) is 1. The van der Waals surface area contributed by atoms with Crippen LogP contribution in [0.5, 0.6) is 17.2 Å². The molecule has 140 valence electrons. The Balaban J connectivity index is 1.90. The van der Waals surface area contributed by atoms with Gasteiger partial charge in [0.1, 0.15) is 0 Å². The number of benzene rings is 2. The summed E-state index contributed by atoms with van der Waals surface area (Å²) in [7, 11) is -4.17. The smallest absolute Gasteiger partial charge is 0.490 e. The maximum absolute atomic E-state index is 12.5. The molecule has 0 saturated heterocycles. The molecule has 3 rings (SSSR count). The van der Waals surface area contributed by atoms with Crippen LogP contribution in [0.1, 0.15) is 6.42 Å². The van der Waals surface area contributed by atoms with E-state index in [0.29, 0.717) is 25.4 Å². The summed E-state index contributed by atoms with van der Waals surface area (Å²) >= 11 is 0. The number of nitrogens with one attached hydrogen (secondary N) is 1. The van der Waals surface area contributed by atoms with Gasteiger partial charge in [-0.25, -0.2) is 8.42 Å². The van der Waals surface area contributed by atoms with Crippen molar-refractivity contribution in [3.8, 4) is 17.2 Å². The summed E-state index contributed by atoms with van der Waals surface area (Å²) in [6.07, 6.45) is -4.30. The van der Waals surface area contributed by atoms with Crippen LogP contribution in [0.2, 0.25) is 0 Å². The predicted molar refractivity (Wildman–Crippen MR) is 86.0 cm³/mol. The molecule has 0 aliphatic carbocycles. The number of sulfonamides is 1. The number of hydrogen-bond acceptors (Lipinski definition) is 5. The van der Waals surface area contributed by atoms with E-state index in [1.807, 2.05) is 0 Å². The highest BCUT2D eigenvalue weighted by molar-refractivity contribution is 7.92. The molecule has 0 aromatic heterocycles. The molecule has 0 atom stereocenters. The minimum absolute atomic E-state index is 0.177. The van der Waals surface area contributed by atoms with Gasteiger partial charge in [-0.05, 0) is 24.3 Å². The molecule has 0 unspecified atom stereocenters. The van der Waals surface area contributed by atoms with E-state index in [4.69, 9.17) is 9.47 Å². The summed E-state index contributed by atoms with van der Waals surface area (Å²) in [6.45, 7) is 0.811. The third kappa shape index (κ3) is 4.31. The zero-order valence-corrected chi connectivity index (χ0v) is 14.1. The Labute approximate surface area is 147 Å². The maximum atomic E-state index is 12.5. The van der Waals surface area contributed by atoms with E-state index in [9.17, 15) is 21.6 Å². The molecule has 6 nitrogen and oxygen atoms in total. The van der Waals surface area contributed by atoms with Crippen molar-refractivity contribution >= 4 is 15.7 Å². The molecule has 26 heavy (non-hydrogen) atoms. The number of anilines is 1. The molecule has 0 amide bonds. The Hall–Kier alpha value is -2.62. The molecule has 1 N–H and O–H groups in total. The number of rotatable bonds is 4. The second-order valence-electron chi connectivity index (χ2n) is 5.31. The monoisotopic (exact) mass is 389 g/mol. The lowest BCUT2D eigenvalue weighted by Gasteiger charge is -2.15. The summed E-state index contributed by atoms with van der Waals surface area (Å²) in [5.41, 5.74) is -0.336. The van der Waals surface area contributed by atoms with E-state index in [-0.39, 0.29) is 16.3 Å². The molecular weight excluding hydrogens is 375 g/mol. The molecule has 2 aromatic rings. The lowest BCUT2D eigenvalue weighted by atomic mass is 10.3. The van der Waals surface area contributed by atoms with E-state index in [0.717, 1.165) is 6.07 Å². The van der Waals surface area contributed by atoms with Crippen LogP contribution < -0.4 is 18.9 Å². The van der Waals surface area contributed by atoms with Crippen LogP contribution in [-0.2, 0) is 10.0 Å². The fourth-order valence-electron chi connectivity index (χ4n) is 2.28. The molecule has 0 fully saturated rings. The van der Waals surface area contributed by atoms with Crippen molar-refractivity contribution < 1.29 is 35.8 Å². The first kappa shape index (κ1) is 18.2. The van der Waals surface area contributed by atoms with E-state index in [1.165, 1.54) is 36.4 Å². The van der Waals surface area contributed by atoms with Crippen LogP contribution >= 0.6 is 0 Å². The Morgan fingerprint density at radius 2 is 1.69 bits per heavy atom. The van der Waals surface area contributed by atoms with Crippen LogP contribution in [-0.4, -0.2) is 28.0 Å². The molecule has 0 radical (unpaired) electrons. The second-order valence-corrected chi connectivity index (χ2v) is 6.99. The van der Waals surface area contributed by atoms with Gasteiger partial charge in [-0.1, -0.05) is 12.1 Å². The first-order valence-electron chi connectivity index (χ1n) is 7.52. The first-order valence-corrected chi connectivity index (χ1v) is 9.00. The highest BCUT2D eigenvalue weighted by Crippen LogP contribution is 2.34. The van der Waals surface area contributed by atoms with Gasteiger partial charge in [-0.3, -0.25) is 4.72 Å². The molecule has 2 aromatic carbocycles. The van der Waals surface area contributed by atoms with Gasteiger partial charge in [0, 0.05) is 12.5 Å². The summed E-state index contributed by atoms with van der Waals surface area (Å²) < 4.78 is 79.3. The summed E-state index contributed by atoms with van der Waals surface area (Å²) in [5, 5.41) is 0. The molecule has 0 spiro atoms. The van der Waals surface area contributed by atoms with Gasteiger partial charge in [0.2, 0.25) is 0 Å². The van der Waals surface area contributed by atoms with Crippen molar-refractivity contribution in [1.82, 2.24) is 0 Å². The van der Waals surface area contributed by atoms with Crippen molar-refractivity contribution in [2.24, 2.45) is 0 Å². The lowest BCUT2D eigenvalue weighted by molar-refractivity contribution is -0.274. The number of ether oxygens (including phenoxy) is 3. The fraction of sp³-hybridized carbons (Fsp3) is 0.250. The fourth-order valence-corrected chi connectivity index (χ4v) is 3.36. The van der Waals surface area contributed by atoms with Crippen LogP contribution in [0.25, 0.3) is 0 Å². The van der Waals surface area contributed by atoms with E-state index in [1.54, 1.807) is 0 Å². The summed E-state index contributed by atoms with van der Waals surface area (Å²) in [5.74, 6) is 0.00498. The largest absolute Gasteiger partial charge is 0.573 e. The van der Waals surface area contributed by atoms with Crippen molar-refractivity contribution in [1.29, 1.82) is 0 Å². The van der Waals surface area contributed by atoms with E-state index in [2.05, 4.69) is 9.46 Å². The van der Waals surface area contributed by atoms with E-state index < -0.39 is 22.1 Å². The van der Waals surface area contributed by atoms with Crippen molar-refractivity contribution in [2.45, 2.75) is 17.7 Å². The number of halogens is 3. The molecule has 0 saturated carbocycles. The van der Waals surface area contributed by atoms with Crippen molar-refractivity contribution in [3.05, 3.63) is 42.5 Å². The van der Waals surface area contributed by atoms with E-state index >= 15 is 0 Å². The predicted octanol–water partition coefficient (Wildman–Crippen LogP) is 3.55. The third-order valence-electron chi connectivity index (χ3n) is 3.39. The Kier molecular flexibility index (Phi) is 4.86. The standard InChI is InChI=1S/C16H14F3NO5S/c17-16(18,19)25-13-5-2-1-4-12(13)20-26(21,22)11-6-7-14-15(10-11)24-9-3-8-23-14/h1-2,4-7,10,20H,3,8-9H2. The molecule has 1 heterocycles. The highest BCUT2D eigenvalue weighted by Gasteiger charge is 2.32. The summed E-state index contributed by atoms with van der Waals surface area (Å²) in [6, 6.07) is 8.84. The van der Waals surface area contributed by atoms with Gasteiger partial charge in [-0.15, -0.1) is 13.2 Å². The molecule has 1 aliphatic heterocycles. The van der Waals surface area contributed by atoms with Gasteiger partial charge in [0.15, 0.2) is 17.2 Å². The van der Waals surface area contributed by atoms with Crippen LogP contribution in [0.3, 0.4) is 0 Å². The zero-order chi connectivity index (χ0) is 18.8. The van der Waals surface area contributed by atoms with Gasteiger partial charge in [0.05, 0.1) is 23.8 Å². The number of para-hydroxylation sites is 2. The average molecular weight is 389 g/mol. The van der Waals surface area contributed by atoms with Crippen molar-refractivity contribution in [3.63, 3.8) is 0 Å².